The van der Waals surface area contributed by atoms with Gasteiger partial charge in [0.1, 0.15) is 5.82 Å². The highest BCUT2D eigenvalue weighted by molar-refractivity contribution is 6.31. The van der Waals surface area contributed by atoms with Crippen molar-refractivity contribution in [2.75, 3.05) is 0 Å². The van der Waals surface area contributed by atoms with E-state index in [1.165, 1.54) is 12.3 Å². The van der Waals surface area contributed by atoms with Gasteiger partial charge >= 0.3 is 0 Å². The van der Waals surface area contributed by atoms with Gasteiger partial charge in [-0.1, -0.05) is 29.8 Å². The molecule has 0 aliphatic heterocycles. The van der Waals surface area contributed by atoms with Crippen LogP contribution in [0.1, 0.15) is 18.1 Å². The zero-order valence-corrected chi connectivity index (χ0v) is 11.4. The molecule has 2 aromatic rings. The Hall–Kier alpha value is -1.45. The van der Waals surface area contributed by atoms with Gasteiger partial charge in [-0.15, -0.1) is 0 Å². The molecular formula is C15H15ClFNO. The van der Waals surface area contributed by atoms with Gasteiger partial charge < -0.3 is 5.11 Å². The summed E-state index contributed by atoms with van der Waals surface area (Å²) in [5.74, 6) is -0.302. The Morgan fingerprint density at radius 1 is 1.21 bits per heavy atom. The standard InChI is InChI=1S/C15H15ClFNO/c1-15(19,8-11-6-7-18-10-13(11)16)9-12-4-2-3-5-14(12)17/h2-7,10,19H,8-9H2,1H3. The van der Waals surface area contributed by atoms with Crippen LogP contribution in [0.2, 0.25) is 5.02 Å². The summed E-state index contributed by atoms with van der Waals surface area (Å²) in [5.41, 5.74) is 0.239. The first-order valence-electron chi connectivity index (χ1n) is 6.02. The molecule has 2 nitrogen and oxygen atoms in total. The van der Waals surface area contributed by atoms with Crippen LogP contribution in [0.4, 0.5) is 4.39 Å². The van der Waals surface area contributed by atoms with Crippen molar-refractivity contribution in [3.8, 4) is 0 Å². The first-order chi connectivity index (χ1) is 8.98. The number of hydrogen-bond donors (Lipinski definition) is 1. The lowest BCUT2D eigenvalue weighted by Crippen LogP contribution is -2.30. The Morgan fingerprint density at radius 3 is 2.58 bits per heavy atom. The largest absolute Gasteiger partial charge is 0.389 e. The number of nitrogens with zero attached hydrogens (tertiary/aromatic N) is 1. The molecule has 2 rings (SSSR count). The van der Waals surface area contributed by atoms with Crippen LogP contribution in [0, 0.1) is 5.82 Å². The molecular weight excluding hydrogens is 265 g/mol. The summed E-state index contributed by atoms with van der Waals surface area (Å²) in [6.45, 7) is 1.68. The van der Waals surface area contributed by atoms with E-state index in [0.29, 0.717) is 17.0 Å². The van der Waals surface area contributed by atoms with E-state index in [2.05, 4.69) is 4.98 Å². The monoisotopic (exact) mass is 279 g/mol. The van der Waals surface area contributed by atoms with Gasteiger partial charge in [0.15, 0.2) is 0 Å². The van der Waals surface area contributed by atoms with Crippen LogP contribution in [0.3, 0.4) is 0 Å². The molecule has 100 valence electrons. The highest BCUT2D eigenvalue weighted by Crippen LogP contribution is 2.24. The van der Waals surface area contributed by atoms with Crippen LogP contribution < -0.4 is 0 Å². The zero-order chi connectivity index (χ0) is 13.9. The summed E-state index contributed by atoms with van der Waals surface area (Å²) < 4.78 is 13.6. The Bertz CT molecular complexity index is 522. The Labute approximate surface area is 116 Å². The molecule has 0 bridgehead atoms. The smallest absolute Gasteiger partial charge is 0.126 e. The average Bonchev–Trinajstić information content (AvgIpc) is 2.35. The van der Waals surface area contributed by atoms with Crippen LogP contribution >= 0.6 is 11.6 Å². The Kier molecular flexibility index (Phi) is 4.17. The third-order valence-electron chi connectivity index (χ3n) is 2.96. The van der Waals surface area contributed by atoms with E-state index < -0.39 is 5.60 Å². The summed E-state index contributed by atoms with van der Waals surface area (Å²) in [7, 11) is 0. The third-order valence-corrected chi connectivity index (χ3v) is 3.30. The minimum Gasteiger partial charge on any atom is -0.389 e. The second-order valence-electron chi connectivity index (χ2n) is 4.91. The first kappa shape index (κ1) is 14.0. The second kappa shape index (κ2) is 5.68. The maximum Gasteiger partial charge on any atom is 0.126 e. The number of aliphatic hydroxyl groups is 1. The molecule has 1 N–H and O–H groups in total. The summed E-state index contributed by atoms with van der Waals surface area (Å²) in [5, 5.41) is 10.9. The highest BCUT2D eigenvalue weighted by atomic mass is 35.5. The molecule has 4 heteroatoms. The third kappa shape index (κ3) is 3.75. The number of benzene rings is 1. The molecule has 0 amide bonds. The summed E-state index contributed by atoms with van der Waals surface area (Å²) in [6, 6.07) is 8.22. The van der Waals surface area contributed by atoms with Crippen molar-refractivity contribution in [3.63, 3.8) is 0 Å². The van der Waals surface area contributed by atoms with E-state index >= 15 is 0 Å². The Balaban J connectivity index is 2.15. The molecule has 1 heterocycles. The molecule has 0 aliphatic carbocycles. The lowest BCUT2D eigenvalue weighted by molar-refractivity contribution is 0.0599. The zero-order valence-electron chi connectivity index (χ0n) is 10.6. The van der Waals surface area contributed by atoms with Crippen LogP contribution in [0.5, 0.6) is 0 Å². The van der Waals surface area contributed by atoms with Gasteiger partial charge in [0.05, 0.1) is 10.6 Å². The normalized spacial score (nSPS) is 14.1. The molecule has 1 unspecified atom stereocenters. The van der Waals surface area contributed by atoms with E-state index in [-0.39, 0.29) is 12.2 Å². The first-order valence-corrected chi connectivity index (χ1v) is 6.40. The molecule has 19 heavy (non-hydrogen) atoms. The minimum absolute atomic E-state index is 0.234. The fourth-order valence-corrected chi connectivity index (χ4v) is 2.26. The van der Waals surface area contributed by atoms with E-state index in [1.807, 2.05) is 0 Å². The van der Waals surface area contributed by atoms with Gasteiger partial charge in [-0.3, -0.25) is 4.98 Å². The van der Waals surface area contributed by atoms with Crippen molar-refractivity contribution in [2.45, 2.75) is 25.4 Å². The maximum atomic E-state index is 13.6. The SMILES string of the molecule is CC(O)(Cc1ccccc1F)Cc1ccncc1Cl. The molecule has 0 spiro atoms. The predicted octanol–water partition coefficient (Wildman–Crippen LogP) is 3.41. The van der Waals surface area contributed by atoms with E-state index in [1.54, 1.807) is 37.4 Å². The molecule has 0 fully saturated rings. The van der Waals surface area contributed by atoms with Crippen molar-refractivity contribution in [3.05, 3.63) is 64.7 Å². The van der Waals surface area contributed by atoms with E-state index in [9.17, 15) is 9.50 Å². The van der Waals surface area contributed by atoms with Crippen molar-refractivity contribution in [2.24, 2.45) is 0 Å². The fraction of sp³-hybridized carbons (Fsp3) is 0.267. The van der Waals surface area contributed by atoms with Gasteiger partial charge in [-0.25, -0.2) is 4.39 Å². The second-order valence-corrected chi connectivity index (χ2v) is 5.32. The fourth-order valence-electron chi connectivity index (χ4n) is 2.07. The molecule has 0 radical (unpaired) electrons. The molecule has 0 saturated carbocycles. The number of aromatic nitrogens is 1. The average molecular weight is 280 g/mol. The topological polar surface area (TPSA) is 33.1 Å². The van der Waals surface area contributed by atoms with Gasteiger partial charge in [-0.2, -0.15) is 0 Å². The van der Waals surface area contributed by atoms with Crippen molar-refractivity contribution in [1.29, 1.82) is 0 Å². The number of hydrogen-bond acceptors (Lipinski definition) is 2. The van der Waals surface area contributed by atoms with Crippen molar-refractivity contribution >= 4 is 11.6 Å². The number of rotatable bonds is 4. The van der Waals surface area contributed by atoms with Crippen LogP contribution in [0.25, 0.3) is 0 Å². The van der Waals surface area contributed by atoms with Gasteiger partial charge in [0, 0.05) is 25.2 Å². The molecule has 1 atom stereocenters. The van der Waals surface area contributed by atoms with Gasteiger partial charge in [0.2, 0.25) is 0 Å². The molecule has 1 aromatic carbocycles. The van der Waals surface area contributed by atoms with E-state index in [4.69, 9.17) is 11.6 Å². The Morgan fingerprint density at radius 2 is 1.89 bits per heavy atom. The van der Waals surface area contributed by atoms with Crippen molar-refractivity contribution < 1.29 is 9.50 Å². The minimum atomic E-state index is -1.06. The summed E-state index contributed by atoms with van der Waals surface area (Å²) in [6.07, 6.45) is 3.75. The van der Waals surface area contributed by atoms with Crippen LogP contribution in [0.15, 0.2) is 42.7 Å². The quantitative estimate of drug-likeness (QED) is 0.930. The summed E-state index contributed by atoms with van der Waals surface area (Å²) in [4.78, 5) is 3.90. The van der Waals surface area contributed by atoms with Gasteiger partial charge in [0.25, 0.3) is 0 Å². The lowest BCUT2D eigenvalue weighted by atomic mass is 9.90. The molecule has 0 aliphatic rings. The maximum absolute atomic E-state index is 13.6. The molecule has 0 saturated heterocycles. The molecule has 1 aromatic heterocycles. The van der Waals surface area contributed by atoms with Crippen LogP contribution in [-0.4, -0.2) is 15.7 Å². The summed E-state index contributed by atoms with van der Waals surface area (Å²) >= 11 is 6.02. The van der Waals surface area contributed by atoms with Crippen LogP contribution in [-0.2, 0) is 12.8 Å². The van der Waals surface area contributed by atoms with Crippen molar-refractivity contribution in [1.82, 2.24) is 4.98 Å². The van der Waals surface area contributed by atoms with E-state index in [0.717, 1.165) is 5.56 Å². The lowest BCUT2D eigenvalue weighted by Gasteiger charge is -2.24. The predicted molar refractivity (Wildman–Crippen MR) is 73.7 cm³/mol. The number of pyridine rings is 1. The highest BCUT2D eigenvalue weighted by Gasteiger charge is 2.24. The number of halogens is 2. The van der Waals surface area contributed by atoms with Gasteiger partial charge in [-0.05, 0) is 30.2 Å².